The Morgan fingerprint density at radius 3 is 2.36 bits per heavy atom. The molecule has 1 nitrogen and oxygen atoms in total. The third kappa shape index (κ3) is 10.5. The molecule has 2 N–H and O–H groups in total. The van der Waals surface area contributed by atoms with Crippen LogP contribution in [0.1, 0.15) is 58.3 Å². The predicted molar refractivity (Wildman–Crippen MR) is 73.9 cm³/mol. The lowest BCUT2D eigenvalue weighted by atomic mass is 10.0. The highest BCUT2D eigenvalue weighted by Crippen LogP contribution is 2.09. The van der Waals surface area contributed by atoms with Gasteiger partial charge in [-0.25, -0.2) is 0 Å². The van der Waals surface area contributed by atoms with Crippen LogP contribution in [0.2, 0.25) is 6.04 Å². The summed E-state index contributed by atoms with van der Waals surface area (Å²) < 4.78 is 0. The van der Waals surface area contributed by atoms with Gasteiger partial charge in [-0.1, -0.05) is 51.5 Å². The average Bonchev–Trinajstić information content (AvgIpc) is 2.18. The van der Waals surface area contributed by atoms with Crippen LogP contribution in [0, 0.1) is 0 Å². The Labute approximate surface area is 95.3 Å². The fourth-order valence-electron chi connectivity index (χ4n) is 1.81. The molecule has 1 atom stereocenters. The maximum atomic E-state index is 6.06. The largest absolute Gasteiger partial charge is 0.328 e. The maximum Gasteiger partial charge on any atom is 0.00413 e. The Kier molecular flexibility index (Phi) is 11.8. The van der Waals surface area contributed by atoms with Crippen molar-refractivity contribution in [2.45, 2.75) is 70.4 Å². The molecular weight excluding hydrogens is 202 g/mol. The molecule has 0 saturated heterocycles. The molecule has 0 bridgehead atoms. The summed E-state index contributed by atoms with van der Waals surface area (Å²) in [6.07, 6.45) is 10.9. The standard InChI is InChI=1S/C11H29NSi2/c1-2-3-4-5-6-8-11(12)9-7-10-14-13/h11H,2-10,12,14H2,1,13H3. The second-order valence-corrected chi connectivity index (χ2v) is 9.17. The van der Waals surface area contributed by atoms with Crippen LogP contribution in [0.25, 0.3) is 0 Å². The van der Waals surface area contributed by atoms with Crippen LogP contribution in [-0.4, -0.2) is 24.8 Å². The quantitative estimate of drug-likeness (QED) is 0.445. The Morgan fingerprint density at radius 1 is 1.07 bits per heavy atom. The zero-order chi connectivity index (χ0) is 10.6. The molecule has 0 aromatic rings. The Hall–Kier alpha value is 0.394. The molecule has 0 aliphatic heterocycles. The van der Waals surface area contributed by atoms with E-state index in [2.05, 4.69) is 6.92 Å². The summed E-state index contributed by atoms with van der Waals surface area (Å²) >= 11 is 0. The Balaban J connectivity index is 3.06. The first-order chi connectivity index (χ1) is 6.81. The third-order valence-corrected chi connectivity index (χ3v) is 6.19. The number of hydrogen-bond donors (Lipinski definition) is 1. The lowest BCUT2D eigenvalue weighted by Gasteiger charge is -2.10. The summed E-state index contributed by atoms with van der Waals surface area (Å²) in [6.45, 7) is 2.27. The van der Waals surface area contributed by atoms with Crippen molar-refractivity contribution in [2.75, 3.05) is 0 Å². The zero-order valence-electron chi connectivity index (χ0n) is 10.2. The van der Waals surface area contributed by atoms with Crippen molar-refractivity contribution in [2.24, 2.45) is 5.73 Å². The molecule has 0 amide bonds. The molecule has 0 saturated carbocycles. The van der Waals surface area contributed by atoms with Crippen LogP contribution in [0.4, 0.5) is 0 Å². The Bertz CT molecular complexity index is 109. The van der Waals surface area contributed by atoms with Crippen molar-refractivity contribution in [1.82, 2.24) is 0 Å². The molecule has 0 aromatic heterocycles. The van der Waals surface area contributed by atoms with Crippen LogP contribution >= 0.6 is 0 Å². The van der Waals surface area contributed by atoms with Crippen molar-refractivity contribution in [3.63, 3.8) is 0 Å². The molecule has 0 radical (unpaired) electrons. The van der Waals surface area contributed by atoms with E-state index in [4.69, 9.17) is 5.73 Å². The van der Waals surface area contributed by atoms with E-state index >= 15 is 0 Å². The maximum absolute atomic E-state index is 6.06. The molecule has 0 spiro atoms. The number of hydrogen-bond acceptors (Lipinski definition) is 1. The summed E-state index contributed by atoms with van der Waals surface area (Å²) in [6, 6.07) is 2.06. The van der Waals surface area contributed by atoms with Crippen LogP contribution in [0.5, 0.6) is 0 Å². The minimum Gasteiger partial charge on any atom is -0.328 e. The van der Waals surface area contributed by atoms with Crippen molar-refractivity contribution in [1.29, 1.82) is 0 Å². The minimum absolute atomic E-state index is 0.424. The Morgan fingerprint density at radius 2 is 1.71 bits per heavy atom. The van der Waals surface area contributed by atoms with Crippen molar-refractivity contribution in [3.8, 4) is 0 Å². The van der Waals surface area contributed by atoms with Gasteiger partial charge < -0.3 is 5.73 Å². The molecule has 0 heterocycles. The predicted octanol–water partition coefficient (Wildman–Crippen LogP) is 1.32. The van der Waals surface area contributed by atoms with Crippen LogP contribution < -0.4 is 5.73 Å². The molecule has 1 unspecified atom stereocenters. The molecule has 0 aromatic carbocycles. The third-order valence-electron chi connectivity index (χ3n) is 2.86. The second-order valence-electron chi connectivity index (χ2n) is 4.46. The molecule has 0 aliphatic rings. The smallest absolute Gasteiger partial charge is 0.00413 e. The first kappa shape index (κ1) is 14.4. The first-order valence-electron chi connectivity index (χ1n) is 6.56. The van der Waals surface area contributed by atoms with Gasteiger partial charge >= 0.3 is 0 Å². The summed E-state index contributed by atoms with van der Waals surface area (Å²) in [5.74, 6) is 0. The number of nitrogens with two attached hydrogens (primary N) is 1. The summed E-state index contributed by atoms with van der Waals surface area (Å²) in [5, 5.41) is 0. The first-order valence-corrected chi connectivity index (χ1v) is 13.2. The van der Waals surface area contributed by atoms with Crippen molar-refractivity contribution < 1.29 is 0 Å². The highest BCUT2D eigenvalue weighted by molar-refractivity contribution is 6.89. The van der Waals surface area contributed by atoms with Gasteiger partial charge in [0.1, 0.15) is 0 Å². The van der Waals surface area contributed by atoms with E-state index in [-0.39, 0.29) is 0 Å². The van der Waals surface area contributed by atoms with Crippen LogP contribution in [0.15, 0.2) is 0 Å². The number of unbranched alkanes of at least 4 members (excludes halogenated alkanes) is 4. The van der Waals surface area contributed by atoms with E-state index in [0.717, 1.165) is 0 Å². The molecular formula is C11H29NSi2. The number of rotatable bonds is 10. The van der Waals surface area contributed by atoms with Gasteiger partial charge in [0.2, 0.25) is 0 Å². The summed E-state index contributed by atoms with van der Waals surface area (Å²) in [4.78, 5) is 0. The average molecular weight is 232 g/mol. The van der Waals surface area contributed by atoms with Gasteiger partial charge in [-0.15, -0.1) is 0 Å². The van der Waals surface area contributed by atoms with E-state index in [1.54, 1.807) is 6.04 Å². The lowest BCUT2D eigenvalue weighted by molar-refractivity contribution is 0.512. The van der Waals surface area contributed by atoms with Gasteiger partial charge in [-0.05, 0) is 22.6 Å². The molecule has 0 fully saturated rings. The summed E-state index contributed by atoms with van der Waals surface area (Å²) in [7, 11) is 1.93. The van der Waals surface area contributed by atoms with Gasteiger partial charge in [0.25, 0.3) is 0 Å². The highest BCUT2D eigenvalue weighted by atomic mass is 29.1. The van der Waals surface area contributed by atoms with Gasteiger partial charge in [-0.2, -0.15) is 0 Å². The van der Waals surface area contributed by atoms with Crippen LogP contribution in [0.3, 0.4) is 0 Å². The van der Waals surface area contributed by atoms with Gasteiger partial charge in [0.15, 0.2) is 0 Å². The lowest BCUT2D eigenvalue weighted by Crippen LogP contribution is -2.19. The fourth-order valence-corrected chi connectivity index (χ4v) is 4.10. The van der Waals surface area contributed by atoms with Crippen LogP contribution in [-0.2, 0) is 0 Å². The molecule has 86 valence electrons. The van der Waals surface area contributed by atoms with E-state index in [1.165, 1.54) is 61.1 Å². The highest BCUT2D eigenvalue weighted by Gasteiger charge is 2.01. The zero-order valence-corrected chi connectivity index (χ0v) is 13.6. The molecule has 0 rings (SSSR count). The van der Waals surface area contributed by atoms with Gasteiger partial charge in [0, 0.05) is 15.1 Å². The van der Waals surface area contributed by atoms with E-state index in [0.29, 0.717) is 15.1 Å². The molecule has 0 aliphatic carbocycles. The molecule has 3 heteroatoms. The molecule has 14 heavy (non-hydrogen) atoms. The minimum atomic E-state index is 0.424. The van der Waals surface area contributed by atoms with Crippen molar-refractivity contribution >= 4 is 18.8 Å². The van der Waals surface area contributed by atoms with E-state index in [9.17, 15) is 0 Å². The topological polar surface area (TPSA) is 26.0 Å². The summed E-state index contributed by atoms with van der Waals surface area (Å²) in [5.41, 5.74) is 6.06. The van der Waals surface area contributed by atoms with E-state index < -0.39 is 0 Å². The normalized spacial score (nSPS) is 14.1. The SMILES string of the molecule is CCCCCCCC(N)CCC[SiH2][SiH3]. The second kappa shape index (κ2) is 11.5. The van der Waals surface area contributed by atoms with E-state index in [1.807, 2.05) is 0 Å². The van der Waals surface area contributed by atoms with Gasteiger partial charge in [0.05, 0.1) is 0 Å². The van der Waals surface area contributed by atoms with Gasteiger partial charge in [-0.3, -0.25) is 0 Å². The fraction of sp³-hybridized carbons (Fsp3) is 1.00. The monoisotopic (exact) mass is 231 g/mol. The van der Waals surface area contributed by atoms with Crippen molar-refractivity contribution in [3.05, 3.63) is 0 Å².